The molecule has 4 aliphatic rings. The molecule has 2 bridgehead atoms. The first-order chi connectivity index (χ1) is 12.1. The van der Waals surface area contributed by atoms with Crippen LogP contribution in [0.2, 0.25) is 0 Å². The van der Waals surface area contributed by atoms with Crippen molar-refractivity contribution < 1.29 is 4.74 Å². The van der Waals surface area contributed by atoms with E-state index in [4.69, 9.17) is 4.74 Å². The second-order valence-corrected chi connectivity index (χ2v) is 6.76. The summed E-state index contributed by atoms with van der Waals surface area (Å²) in [6.07, 6.45) is 5.54. The molecule has 0 spiro atoms. The van der Waals surface area contributed by atoms with Crippen molar-refractivity contribution in [2.75, 3.05) is 31.2 Å². The van der Waals surface area contributed by atoms with Crippen LogP contribution in [0.25, 0.3) is 0 Å². The van der Waals surface area contributed by atoms with Gasteiger partial charge in [0.05, 0.1) is 13.2 Å². The highest BCUT2D eigenvalue weighted by molar-refractivity contribution is 5.45. The van der Waals surface area contributed by atoms with Crippen LogP contribution < -0.4 is 10.5 Å². The molecule has 1 aromatic heterocycles. The Morgan fingerprint density at radius 1 is 0.960 bits per heavy atom. The van der Waals surface area contributed by atoms with Crippen molar-refractivity contribution in [2.24, 2.45) is 5.41 Å². The van der Waals surface area contributed by atoms with Gasteiger partial charge in [0.2, 0.25) is 0 Å². The minimum Gasteiger partial charge on any atom is -0.378 e. The van der Waals surface area contributed by atoms with Crippen molar-refractivity contribution in [1.29, 1.82) is 0 Å². The fraction of sp³-hybridized carbons (Fsp3) is 0.762. The molecule has 144 valence electrons. The Kier molecular flexibility index (Phi) is 8.20. The van der Waals surface area contributed by atoms with E-state index >= 15 is 0 Å². The van der Waals surface area contributed by atoms with E-state index in [0.29, 0.717) is 5.41 Å². The molecule has 2 heterocycles. The highest BCUT2D eigenvalue weighted by Gasteiger charge is 2.66. The van der Waals surface area contributed by atoms with Gasteiger partial charge in [-0.2, -0.15) is 0 Å². The van der Waals surface area contributed by atoms with Gasteiger partial charge < -0.3 is 14.2 Å². The molecule has 4 fully saturated rings. The molecule has 3 aliphatic carbocycles. The number of nitrogens with zero attached hydrogens (tertiary/aromatic N) is 2. The maximum atomic E-state index is 12.4. The van der Waals surface area contributed by atoms with Crippen LogP contribution in [0.15, 0.2) is 23.1 Å². The van der Waals surface area contributed by atoms with Gasteiger partial charge in [0, 0.05) is 36.6 Å². The lowest BCUT2D eigenvalue weighted by atomic mass is 9.40. The second-order valence-electron chi connectivity index (χ2n) is 6.76. The van der Waals surface area contributed by atoms with E-state index in [1.165, 1.54) is 19.3 Å². The van der Waals surface area contributed by atoms with Crippen LogP contribution in [0, 0.1) is 5.41 Å². The smallest absolute Gasteiger partial charge is 0.253 e. The van der Waals surface area contributed by atoms with E-state index in [1.54, 1.807) is 6.07 Å². The average Bonchev–Trinajstić information content (AvgIpc) is 2.64. The summed E-state index contributed by atoms with van der Waals surface area (Å²) in [5, 5.41) is 0. The number of hydrogen-bond acceptors (Lipinski definition) is 3. The molecule has 5 rings (SSSR count). The number of rotatable bonds is 2. The van der Waals surface area contributed by atoms with Gasteiger partial charge in [-0.1, -0.05) is 48.5 Å². The Balaban J connectivity index is 0.000000475. The van der Waals surface area contributed by atoms with Crippen molar-refractivity contribution in [3.05, 3.63) is 28.7 Å². The molecular weight excluding hydrogens is 312 g/mol. The lowest BCUT2D eigenvalue weighted by Crippen LogP contribution is -2.68. The number of anilines is 1. The van der Waals surface area contributed by atoms with E-state index < -0.39 is 0 Å². The summed E-state index contributed by atoms with van der Waals surface area (Å²) >= 11 is 0. The van der Waals surface area contributed by atoms with Gasteiger partial charge in [-0.15, -0.1) is 0 Å². The summed E-state index contributed by atoms with van der Waals surface area (Å²) in [5.74, 6) is 0. The summed E-state index contributed by atoms with van der Waals surface area (Å²) < 4.78 is 7.32. The molecule has 1 saturated heterocycles. The molecule has 1 aliphatic heterocycles. The first-order valence-corrected chi connectivity index (χ1v) is 10.2. The standard InChI is InChI=1S/C15H20N2O2.3C2H6/c1-14-9-15(10-14,11-14)17-3-2-12(8-13(17)18)16-4-6-19-7-5-16;3*1-2/h2-3,8H,4-7,9-11H2,1H3;3*1-2H3. The fourth-order valence-corrected chi connectivity index (χ4v) is 4.36. The van der Waals surface area contributed by atoms with Crippen LogP contribution >= 0.6 is 0 Å². The van der Waals surface area contributed by atoms with Gasteiger partial charge in [-0.25, -0.2) is 0 Å². The maximum Gasteiger partial charge on any atom is 0.253 e. The summed E-state index contributed by atoms with van der Waals surface area (Å²) in [5.41, 5.74) is 1.89. The van der Waals surface area contributed by atoms with E-state index in [0.717, 1.165) is 32.0 Å². The molecular formula is C21H38N2O2. The number of morpholine rings is 1. The number of ether oxygens (including phenoxy) is 1. The molecule has 0 unspecified atom stereocenters. The first-order valence-electron chi connectivity index (χ1n) is 10.2. The van der Waals surface area contributed by atoms with Crippen LogP contribution in [0.3, 0.4) is 0 Å². The fourth-order valence-electron chi connectivity index (χ4n) is 4.36. The van der Waals surface area contributed by atoms with E-state index in [-0.39, 0.29) is 11.1 Å². The SMILES string of the molecule is CC.CC.CC.CC12CC(n3ccc(N4CCOCC4)cc3=O)(C1)C2. The molecule has 4 nitrogen and oxygen atoms in total. The Morgan fingerprint density at radius 2 is 1.48 bits per heavy atom. The Morgan fingerprint density at radius 3 is 1.92 bits per heavy atom. The molecule has 0 aromatic carbocycles. The molecule has 25 heavy (non-hydrogen) atoms. The van der Waals surface area contributed by atoms with E-state index in [2.05, 4.69) is 17.9 Å². The predicted molar refractivity (Wildman–Crippen MR) is 108 cm³/mol. The number of hydrogen-bond donors (Lipinski definition) is 0. The highest BCUT2D eigenvalue weighted by atomic mass is 16.5. The van der Waals surface area contributed by atoms with Gasteiger partial charge in [-0.3, -0.25) is 4.79 Å². The van der Waals surface area contributed by atoms with Crippen LogP contribution in [0.1, 0.15) is 67.7 Å². The Hall–Kier alpha value is -1.29. The first kappa shape index (κ1) is 21.8. The van der Waals surface area contributed by atoms with Gasteiger partial charge in [0.15, 0.2) is 0 Å². The third kappa shape index (κ3) is 4.28. The van der Waals surface area contributed by atoms with Crippen LogP contribution in [0.4, 0.5) is 5.69 Å². The predicted octanol–water partition coefficient (Wildman–Crippen LogP) is 4.66. The highest BCUT2D eigenvalue weighted by Crippen LogP contribution is 2.70. The van der Waals surface area contributed by atoms with Gasteiger partial charge in [0.25, 0.3) is 5.56 Å². The zero-order chi connectivity index (χ0) is 19.1. The van der Waals surface area contributed by atoms with Crippen molar-refractivity contribution in [3.63, 3.8) is 0 Å². The maximum absolute atomic E-state index is 12.4. The van der Waals surface area contributed by atoms with Gasteiger partial charge in [-0.05, 0) is 30.7 Å². The summed E-state index contributed by atoms with van der Waals surface area (Å²) in [4.78, 5) is 14.6. The summed E-state index contributed by atoms with van der Waals surface area (Å²) in [6.45, 7) is 17.6. The van der Waals surface area contributed by atoms with Crippen LogP contribution in [-0.4, -0.2) is 30.9 Å². The van der Waals surface area contributed by atoms with Gasteiger partial charge >= 0.3 is 0 Å². The largest absolute Gasteiger partial charge is 0.378 e. The monoisotopic (exact) mass is 350 g/mol. The zero-order valence-corrected chi connectivity index (χ0v) is 17.4. The van der Waals surface area contributed by atoms with Crippen molar-refractivity contribution in [1.82, 2.24) is 4.57 Å². The Bertz CT molecular complexity index is 554. The van der Waals surface area contributed by atoms with E-state index in [1.807, 2.05) is 52.3 Å². The molecule has 1 aromatic rings. The lowest BCUT2D eigenvalue weighted by Gasteiger charge is -2.69. The molecule has 0 amide bonds. The summed E-state index contributed by atoms with van der Waals surface area (Å²) in [6, 6.07) is 3.89. The van der Waals surface area contributed by atoms with Crippen molar-refractivity contribution in [2.45, 2.75) is 73.3 Å². The van der Waals surface area contributed by atoms with E-state index in [9.17, 15) is 4.79 Å². The third-order valence-electron chi connectivity index (χ3n) is 5.06. The molecule has 4 heteroatoms. The van der Waals surface area contributed by atoms with Crippen LogP contribution in [-0.2, 0) is 10.3 Å². The minimum absolute atomic E-state index is 0.158. The number of pyridine rings is 1. The third-order valence-corrected chi connectivity index (χ3v) is 5.06. The molecule has 3 saturated carbocycles. The molecule has 0 N–H and O–H groups in total. The van der Waals surface area contributed by atoms with Crippen molar-refractivity contribution >= 4 is 5.69 Å². The van der Waals surface area contributed by atoms with Crippen LogP contribution in [0.5, 0.6) is 0 Å². The number of aromatic nitrogens is 1. The topological polar surface area (TPSA) is 34.5 Å². The molecule has 0 atom stereocenters. The second kappa shape index (κ2) is 9.42. The van der Waals surface area contributed by atoms with Crippen molar-refractivity contribution in [3.8, 4) is 0 Å². The lowest BCUT2D eigenvalue weighted by molar-refractivity contribution is -0.175. The summed E-state index contributed by atoms with van der Waals surface area (Å²) in [7, 11) is 0. The van der Waals surface area contributed by atoms with Gasteiger partial charge in [0.1, 0.15) is 0 Å². The minimum atomic E-state index is 0.158. The normalized spacial score (nSPS) is 28.5. The quantitative estimate of drug-likeness (QED) is 0.778. The zero-order valence-electron chi connectivity index (χ0n) is 17.4. The average molecular weight is 351 g/mol. The molecule has 0 radical (unpaired) electrons. The Labute approximate surface area is 154 Å².